The first kappa shape index (κ1) is 19.0. The number of carbonyl (C=O) groups excluding carboxylic acids is 2. The summed E-state index contributed by atoms with van der Waals surface area (Å²) in [6.07, 6.45) is 4.42. The van der Waals surface area contributed by atoms with Crippen LogP contribution < -0.4 is 5.32 Å². The van der Waals surface area contributed by atoms with Crippen LogP contribution in [0.2, 0.25) is 0 Å². The molecule has 150 valence electrons. The Balaban J connectivity index is 1.36. The number of rotatable bonds is 5. The molecule has 29 heavy (non-hydrogen) atoms. The average molecular weight is 391 g/mol. The third-order valence-electron chi connectivity index (χ3n) is 5.64. The van der Waals surface area contributed by atoms with Crippen LogP contribution in [0.4, 0.5) is 5.82 Å². The van der Waals surface area contributed by atoms with Gasteiger partial charge < -0.3 is 20.1 Å². The summed E-state index contributed by atoms with van der Waals surface area (Å²) in [5, 5.41) is 4.50. The molecular formula is C22H25N5O2. The van der Waals surface area contributed by atoms with E-state index in [-0.39, 0.29) is 17.9 Å². The Kier molecular flexibility index (Phi) is 5.20. The van der Waals surface area contributed by atoms with Crippen molar-refractivity contribution in [3.8, 4) is 0 Å². The monoisotopic (exact) mass is 391 g/mol. The van der Waals surface area contributed by atoms with Crippen molar-refractivity contribution in [1.29, 1.82) is 0 Å². The number of H-pyrrole nitrogens is 1. The van der Waals surface area contributed by atoms with Crippen LogP contribution >= 0.6 is 0 Å². The van der Waals surface area contributed by atoms with E-state index in [1.165, 1.54) is 10.9 Å². The van der Waals surface area contributed by atoms with Crippen molar-refractivity contribution in [3.05, 3.63) is 59.9 Å². The zero-order valence-electron chi connectivity index (χ0n) is 16.7. The number of benzene rings is 1. The van der Waals surface area contributed by atoms with Crippen molar-refractivity contribution in [2.24, 2.45) is 0 Å². The van der Waals surface area contributed by atoms with Crippen LogP contribution in [0.25, 0.3) is 10.9 Å². The fourth-order valence-corrected chi connectivity index (χ4v) is 3.77. The minimum atomic E-state index is -0.0415. The second kappa shape index (κ2) is 7.95. The average Bonchev–Trinajstić information content (AvgIpc) is 3.39. The Labute approximate surface area is 169 Å². The summed E-state index contributed by atoms with van der Waals surface area (Å²) >= 11 is 0. The molecule has 3 aromatic rings. The second-order valence-corrected chi connectivity index (χ2v) is 7.47. The predicted octanol–water partition coefficient (Wildman–Crippen LogP) is 2.87. The molecule has 0 bridgehead atoms. The largest absolute Gasteiger partial charge is 0.366 e. The summed E-state index contributed by atoms with van der Waals surface area (Å²) < 4.78 is 0. The second-order valence-electron chi connectivity index (χ2n) is 7.47. The molecule has 3 heterocycles. The molecule has 1 aromatic carbocycles. The molecule has 0 unspecified atom stereocenters. The van der Waals surface area contributed by atoms with E-state index in [2.05, 4.69) is 27.4 Å². The molecule has 0 spiro atoms. The van der Waals surface area contributed by atoms with E-state index in [1.54, 1.807) is 36.0 Å². The first-order valence-electron chi connectivity index (χ1n) is 9.80. The van der Waals surface area contributed by atoms with E-state index >= 15 is 0 Å². The van der Waals surface area contributed by atoms with Crippen LogP contribution in [-0.2, 0) is 11.3 Å². The van der Waals surface area contributed by atoms with Gasteiger partial charge in [-0.3, -0.25) is 9.59 Å². The van der Waals surface area contributed by atoms with Crippen molar-refractivity contribution in [1.82, 2.24) is 19.8 Å². The van der Waals surface area contributed by atoms with Crippen LogP contribution in [0.1, 0.15) is 29.3 Å². The van der Waals surface area contributed by atoms with Gasteiger partial charge in [-0.05, 0) is 30.2 Å². The summed E-state index contributed by atoms with van der Waals surface area (Å²) in [6.45, 7) is 3.42. The summed E-state index contributed by atoms with van der Waals surface area (Å²) in [5.74, 6) is 0.708. The highest BCUT2D eigenvalue weighted by atomic mass is 16.2. The Morgan fingerprint density at radius 1 is 1.28 bits per heavy atom. The molecule has 7 heteroatoms. The van der Waals surface area contributed by atoms with E-state index in [0.29, 0.717) is 25.2 Å². The molecule has 2 N–H and O–H groups in total. The predicted molar refractivity (Wildman–Crippen MR) is 113 cm³/mol. The lowest BCUT2D eigenvalue weighted by atomic mass is 10.2. The number of nitrogens with one attached hydrogen (secondary N) is 2. The molecule has 1 fully saturated rings. The van der Waals surface area contributed by atoms with E-state index in [1.807, 2.05) is 24.4 Å². The lowest BCUT2D eigenvalue weighted by Crippen LogP contribution is -2.38. The molecule has 1 aliphatic heterocycles. The topological polar surface area (TPSA) is 81.3 Å². The Morgan fingerprint density at radius 3 is 2.86 bits per heavy atom. The molecule has 0 saturated carbocycles. The standard InChI is InChI=1S/C22H25N5O2/c1-15(28)26(2)18-9-10-27(14-18)22(29)16-7-8-21(24-11-16)25-13-17-12-23-20-6-4-3-5-19(17)20/h3-8,11-12,18,23H,9-10,13-14H2,1-2H3,(H,24,25)/t18-/m0/s1. The lowest BCUT2D eigenvalue weighted by Gasteiger charge is -2.23. The smallest absolute Gasteiger partial charge is 0.255 e. The van der Waals surface area contributed by atoms with Gasteiger partial charge in [-0.2, -0.15) is 0 Å². The van der Waals surface area contributed by atoms with Crippen molar-refractivity contribution in [2.75, 3.05) is 25.5 Å². The van der Waals surface area contributed by atoms with Crippen LogP contribution in [0.3, 0.4) is 0 Å². The number of pyridine rings is 1. The highest BCUT2D eigenvalue weighted by Crippen LogP contribution is 2.20. The van der Waals surface area contributed by atoms with Crippen LogP contribution in [0.5, 0.6) is 0 Å². The van der Waals surface area contributed by atoms with Gasteiger partial charge in [0.15, 0.2) is 0 Å². The van der Waals surface area contributed by atoms with Crippen molar-refractivity contribution < 1.29 is 9.59 Å². The number of amides is 2. The van der Waals surface area contributed by atoms with Gasteiger partial charge in [0.05, 0.1) is 11.6 Å². The highest BCUT2D eigenvalue weighted by Gasteiger charge is 2.30. The van der Waals surface area contributed by atoms with E-state index in [9.17, 15) is 9.59 Å². The fraction of sp³-hybridized carbons (Fsp3) is 0.318. The van der Waals surface area contributed by atoms with Crippen LogP contribution in [-0.4, -0.2) is 57.8 Å². The third-order valence-corrected chi connectivity index (χ3v) is 5.64. The van der Waals surface area contributed by atoms with Gasteiger partial charge in [0.1, 0.15) is 5.82 Å². The number of para-hydroxylation sites is 1. The minimum absolute atomic E-state index is 0.0246. The zero-order chi connectivity index (χ0) is 20.4. The number of hydrogen-bond donors (Lipinski definition) is 2. The van der Waals surface area contributed by atoms with E-state index < -0.39 is 0 Å². The normalized spacial score (nSPS) is 16.2. The number of anilines is 1. The number of likely N-dealkylation sites (tertiary alicyclic amines) is 1. The quantitative estimate of drug-likeness (QED) is 0.701. The number of fused-ring (bicyclic) bond motifs is 1. The molecule has 2 amide bonds. The van der Waals surface area contributed by atoms with Crippen molar-refractivity contribution in [2.45, 2.75) is 25.9 Å². The highest BCUT2D eigenvalue weighted by molar-refractivity contribution is 5.94. The number of nitrogens with zero attached hydrogens (tertiary/aromatic N) is 3. The summed E-state index contributed by atoms with van der Waals surface area (Å²) in [4.78, 5) is 35.4. The number of aromatic nitrogens is 2. The molecule has 1 atom stereocenters. The first-order valence-corrected chi connectivity index (χ1v) is 9.80. The fourth-order valence-electron chi connectivity index (χ4n) is 3.77. The van der Waals surface area contributed by atoms with Gasteiger partial charge in [-0.25, -0.2) is 4.98 Å². The number of likely N-dealkylation sites (N-methyl/N-ethyl adjacent to an activating group) is 1. The third kappa shape index (κ3) is 3.94. The summed E-state index contributed by atoms with van der Waals surface area (Å²) in [6, 6.07) is 11.9. The number of aromatic amines is 1. The SMILES string of the molecule is CC(=O)N(C)[C@H]1CCN(C(=O)c2ccc(NCc3c[nH]c4ccccc34)nc2)C1. The first-order chi connectivity index (χ1) is 14.0. The van der Waals surface area contributed by atoms with Gasteiger partial charge in [0.2, 0.25) is 5.91 Å². The molecule has 0 radical (unpaired) electrons. The number of hydrogen-bond acceptors (Lipinski definition) is 4. The molecule has 2 aromatic heterocycles. The minimum Gasteiger partial charge on any atom is -0.366 e. The maximum Gasteiger partial charge on any atom is 0.255 e. The molecule has 0 aliphatic carbocycles. The molecule has 1 aliphatic rings. The summed E-state index contributed by atoms with van der Waals surface area (Å²) in [7, 11) is 1.79. The van der Waals surface area contributed by atoms with E-state index in [4.69, 9.17) is 0 Å². The van der Waals surface area contributed by atoms with Crippen molar-refractivity contribution in [3.63, 3.8) is 0 Å². The van der Waals surface area contributed by atoms with Gasteiger partial charge in [0.25, 0.3) is 5.91 Å². The van der Waals surface area contributed by atoms with Gasteiger partial charge in [-0.1, -0.05) is 18.2 Å². The summed E-state index contributed by atoms with van der Waals surface area (Å²) in [5.41, 5.74) is 2.84. The Hall–Kier alpha value is -3.35. The van der Waals surface area contributed by atoms with Crippen LogP contribution in [0, 0.1) is 0 Å². The van der Waals surface area contributed by atoms with E-state index in [0.717, 1.165) is 17.8 Å². The lowest BCUT2D eigenvalue weighted by molar-refractivity contribution is -0.129. The van der Waals surface area contributed by atoms with Gasteiger partial charge in [0, 0.05) is 56.9 Å². The molecule has 4 rings (SSSR count). The number of carbonyl (C=O) groups is 2. The maximum atomic E-state index is 12.7. The zero-order valence-corrected chi connectivity index (χ0v) is 16.7. The van der Waals surface area contributed by atoms with Gasteiger partial charge >= 0.3 is 0 Å². The molecule has 1 saturated heterocycles. The van der Waals surface area contributed by atoms with Gasteiger partial charge in [-0.15, -0.1) is 0 Å². The molecular weight excluding hydrogens is 366 g/mol. The molecule has 7 nitrogen and oxygen atoms in total. The van der Waals surface area contributed by atoms with Crippen LogP contribution in [0.15, 0.2) is 48.8 Å². The Bertz CT molecular complexity index is 1030. The van der Waals surface area contributed by atoms with Crippen molar-refractivity contribution >= 4 is 28.5 Å². The Morgan fingerprint density at radius 2 is 2.10 bits per heavy atom. The maximum absolute atomic E-state index is 12.7.